The van der Waals surface area contributed by atoms with Crippen molar-refractivity contribution in [2.24, 2.45) is 10.8 Å². The third-order valence-corrected chi connectivity index (χ3v) is 13.2. The first-order chi connectivity index (χ1) is 30.6. The van der Waals surface area contributed by atoms with E-state index >= 15 is 0 Å². The molecule has 2 aliphatic carbocycles. The fraction of sp³-hybridized carbons (Fsp3) is 0.640. The second kappa shape index (κ2) is 24.3. The number of halogens is 1. The van der Waals surface area contributed by atoms with Gasteiger partial charge in [0, 0.05) is 7.05 Å². The van der Waals surface area contributed by atoms with Crippen molar-refractivity contribution in [3.8, 4) is 0 Å². The summed E-state index contributed by atoms with van der Waals surface area (Å²) in [4.78, 5) is 82.5. The summed E-state index contributed by atoms with van der Waals surface area (Å²) in [5.74, 6) is -2.19. The first-order valence-corrected chi connectivity index (χ1v) is 24.0. The highest BCUT2D eigenvalue weighted by atomic mass is 35.5. The van der Waals surface area contributed by atoms with E-state index in [0.717, 1.165) is 49.7 Å². The molecule has 7 N–H and O–H groups in total. The number of nitrogens with zero attached hydrogens (tertiary/aromatic N) is 1. The van der Waals surface area contributed by atoms with Crippen LogP contribution in [0, 0.1) is 10.8 Å². The molecule has 0 bridgehead atoms. The zero-order chi connectivity index (χ0) is 48.1. The van der Waals surface area contributed by atoms with E-state index in [9.17, 15) is 28.8 Å². The molecule has 4 rings (SSSR count). The van der Waals surface area contributed by atoms with Gasteiger partial charge in [-0.15, -0.1) is 0 Å². The van der Waals surface area contributed by atoms with E-state index in [-0.39, 0.29) is 29.8 Å². The van der Waals surface area contributed by atoms with E-state index in [2.05, 4.69) is 49.4 Å². The lowest BCUT2D eigenvalue weighted by atomic mass is 9.85. The molecule has 2 aromatic carbocycles. The maximum Gasteiger partial charge on any atom is 0.243 e. The number of rotatable bonds is 21. The number of benzene rings is 2. The highest BCUT2D eigenvalue weighted by Gasteiger charge is 2.38. The van der Waals surface area contributed by atoms with Crippen LogP contribution in [-0.4, -0.2) is 90.2 Å². The number of hydrogen-bond donors (Lipinski definition) is 7. The van der Waals surface area contributed by atoms with Crippen LogP contribution in [0.3, 0.4) is 0 Å². The third-order valence-electron chi connectivity index (χ3n) is 12.9. The normalized spacial score (nSPS) is 18.9. The van der Waals surface area contributed by atoms with Crippen LogP contribution < -0.4 is 37.2 Å². The Kier molecular flexibility index (Phi) is 19.8. The number of carbonyl (C=O) groups is 6. The fourth-order valence-corrected chi connectivity index (χ4v) is 8.71. The molecule has 0 aromatic heterocycles. The molecule has 0 saturated heterocycles. The molecule has 2 aliphatic rings. The Bertz CT molecular complexity index is 1950. The molecule has 0 fully saturated rings. The number of amides is 6. The number of hydrogen-bond acceptors (Lipinski definition) is 8. The van der Waals surface area contributed by atoms with E-state index in [4.69, 9.17) is 11.8 Å². The molecule has 8 atom stereocenters. The van der Waals surface area contributed by atoms with Gasteiger partial charge in [-0.25, -0.2) is 4.42 Å². The Morgan fingerprint density at radius 1 is 0.600 bits per heavy atom. The van der Waals surface area contributed by atoms with Gasteiger partial charge < -0.3 is 37.2 Å². The van der Waals surface area contributed by atoms with Crippen molar-refractivity contribution in [2.45, 2.75) is 181 Å². The molecule has 15 heteroatoms. The predicted octanol–water partition coefficient (Wildman–Crippen LogP) is 5.83. The summed E-state index contributed by atoms with van der Waals surface area (Å²) < 4.78 is 1.25. The first-order valence-electron chi connectivity index (χ1n) is 23.7. The van der Waals surface area contributed by atoms with Gasteiger partial charge in [0.1, 0.15) is 30.2 Å². The summed E-state index contributed by atoms with van der Waals surface area (Å²) in [5.41, 5.74) is 3.25. The van der Waals surface area contributed by atoms with Gasteiger partial charge in [0.15, 0.2) is 0 Å². The molecule has 2 aromatic rings. The zero-order valence-corrected chi connectivity index (χ0v) is 41.3. The summed E-state index contributed by atoms with van der Waals surface area (Å²) in [6, 6.07) is 11.1. The molecule has 0 radical (unpaired) electrons. The maximum atomic E-state index is 14.2. The van der Waals surface area contributed by atoms with Crippen LogP contribution in [0.5, 0.6) is 0 Å². The van der Waals surface area contributed by atoms with Crippen LogP contribution >= 0.6 is 11.8 Å². The van der Waals surface area contributed by atoms with Crippen molar-refractivity contribution in [2.75, 3.05) is 14.1 Å². The second-order valence-corrected chi connectivity index (χ2v) is 20.8. The van der Waals surface area contributed by atoms with Crippen LogP contribution in [0.2, 0.25) is 0 Å². The van der Waals surface area contributed by atoms with Crippen molar-refractivity contribution >= 4 is 47.2 Å². The Balaban J connectivity index is 1.48. The summed E-state index contributed by atoms with van der Waals surface area (Å²) in [7, 11) is 3.25. The quantitative estimate of drug-likeness (QED) is 0.0602. The fourth-order valence-electron chi connectivity index (χ4n) is 8.62. The smallest absolute Gasteiger partial charge is 0.243 e. The molecule has 6 amide bonds. The third kappa shape index (κ3) is 15.5. The summed E-state index contributed by atoms with van der Waals surface area (Å²) in [6.07, 6.45) is 8.58. The monoisotopic (exact) mass is 921 g/mol. The molecule has 0 aliphatic heterocycles. The van der Waals surface area contributed by atoms with Crippen LogP contribution in [0.4, 0.5) is 0 Å². The minimum Gasteiger partial charge on any atom is -0.348 e. The number of carbonyl (C=O) groups excluding carboxylic acids is 6. The van der Waals surface area contributed by atoms with Crippen molar-refractivity contribution in [1.29, 1.82) is 0 Å². The second-order valence-electron chi connectivity index (χ2n) is 20.2. The maximum absolute atomic E-state index is 14.2. The lowest BCUT2D eigenvalue weighted by Crippen LogP contribution is -2.59. The van der Waals surface area contributed by atoms with E-state index in [0.29, 0.717) is 38.5 Å². The van der Waals surface area contributed by atoms with Crippen molar-refractivity contribution in [1.82, 2.24) is 41.6 Å². The summed E-state index contributed by atoms with van der Waals surface area (Å²) >= 11 is 6.08. The average Bonchev–Trinajstić information content (AvgIpc) is 3.26. The van der Waals surface area contributed by atoms with Gasteiger partial charge >= 0.3 is 0 Å². The molecule has 65 heavy (non-hydrogen) atoms. The Labute approximate surface area is 392 Å². The number of fused-ring (bicyclic) bond motifs is 2. The van der Waals surface area contributed by atoms with Crippen molar-refractivity contribution in [3.63, 3.8) is 0 Å². The Morgan fingerprint density at radius 2 is 1.00 bits per heavy atom. The molecule has 0 heterocycles. The molecular formula is C50H77ClN8O6. The van der Waals surface area contributed by atoms with E-state index in [1.54, 1.807) is 27.9 Å². The minimum atomic E-state index is -0.946. The van der Waals surface area contributed by atoms with E-state index in [1.807, 2.05) is 77.9 Å². The molecule has 360 valence electrons. The lowest BCUT2D eigenvalue weighted by Gasteiger charge is -2.33. The largest absolute Gasteiger partial charge is 0.348 e. The van der Waals surface area contributed by atoms with Gasteiger partial charge in [-0.05, 0) is 117 Å². The van der Waals surface area contributed by atoms with Gasteiger partial charge in [0.25, 0.3) is 0 Å². The highest BCUT2D eigenvalue weighted by molar-refractivity contribution is 6.14. The van der Waals surface area contributed by atoms with Crippen LogP contribution in [0.1, 0.15) is 154 Å². The predicted molar refractivity (Wildman–Crippen MR) is 256 cm³/mol. The SMILES string of the molecule is CN[C@@H](C)C(=O)N[C@H](C(=O)N[C@@H](CCCCCC[C@H](NC(=O)[C@@H](NC(=O)[C@H](C)N(C)Cl)C(C)(C)C)C(=O)N[C@@H]1CCCc2ccccc21)C(=O)N[C@@H]1CCCc2ccccc21)C(C)(C)C. The zero-order valence-electron chi connectivity index (χ0n) is 40.5. The summed E-state index contributed by atoms with van der Waals surface area (Å²) in [5, 5.41) is 21.1. The van der Waals surface area contributed by atoms with E-state index in [1.165, 1.54) is 15.5 Å². The molecule has 14 nitrogen and oxygen atoms in total. The lowest BCUT2D eigenvalue weighted by molar-refractivity contribution is -0.135. The van der Waals surface area contributed by atoms with Crippen LogP contribution in [-0.2, 0) is 41.6 Å². The molecular weight excluding hydrogens is 844 g/mol. The van der Waals surface area contributed by atoms with Gasteiger partial charge in [0.2, 0.25) is 35.4 Å². The van der Waals surface area contributed by atoms with Gasteiger partial charge in [-0.1, -0.05) is 116 Å². The molecule has 0 spiro atoms. The minimum absolute atomic E-state index is 0.182. The van der Waals surface area contributed by atoms with Gasteiger partial charge in [-0.2, -0.15) is 0 Å². The topological polar surface area (TPSA) is 190 Å². The van der Waals surface area contributed by atoms with Gasteiger partial charge in [0.05, 0.1) is 18.1 Å². The average molecular weight is 922 g/mol. The van der Waals surface area contributed by atoms with Crippen molar-refractivity contribution in [3.05, 3.63) is 70.8 Å². The number of nitrogens with one attached hydrogen (secondary N) is 7. The van der Waals surface area contributed by atoms with Crippen LogP contribution in [0.15, 0.2) is 48.5 Å². The Morgan fingerprint density at radius 3 is 1.38 bits per heavy atom. The van der Waals surface area contributed by atoms with Gasteiger partial charge in [-0.3, -0.25) is 28.8 Å². The number of likely N-dealkylation sites (N-methyl/N-ethyl adjacent to an activating group) is 2. The number of unbranched alkanes of at least 4 members (excludes halogenated alkanes) is 3. The molecule has 0 unspecified atom stereocenters. The van der Waals surface area contributed by atoms with Crippen molar-refractivity contribution < 1.29 is 28.8 Å². The summed E-state index contributed by atoms with van der Waals surface area (Å²) in [6.45, 7) is 14.6. The number of aryl methyl sites for hydroxylation is 2. The standard InChI is InChI=1S/C50H77ClN8O6/c1-31(52-9)43(60)57-41(49(3,4)5)47(64)55-39(45(62)53-37-29-19-23-33-21-15-17-25-35(33)37)27-13-11-12-14-28-40(46(63)54-38-30-20-24-34-22-16-18-26-36(34)38)56-48(65)42(50(6,7)8)58-44(61)32(2)59(10)51/h15-18,21-22,25-26,31-32,37-42,52H,11-14,19-20,23-24,27-30H2,1-10H3,(H,53,62)(H,54,63)(H,55,64)(H,56,65)(H,57,60)(H,58,61)/t31-,32-,37+,38+,39-,40-,41+,42+/m0/s1. The molecule has 0 saturated carbocycles. The van der Waals surface area contributed by atoms with E-state index < -0.39 is 64.8 Å². The van der Waals surface area contributed by atoms with Crippen LogP contribution in [0.25, 0.3) is 0 Å². The first kappa shape index (κ1) is 53.1. The highest BCUT2D eigenvalue weighted by Crippen LogP contribution is 2.31. The Hall–Kier alpha value is -4.53.